The molecular formula is C16H22O6S2. The second-order valence-corrected chi connectivity index (χ2v) is 7.01. The Morgan fingerprint density at radius 3 is 2.04 bits per heavy atom. The molecule has 1 atom stereocenters. The Hall–Kier alpha value is -1.41. The van der Waals surface area contributed by atoms with E-state index in [9.17, 15) is 14.4 Å². The van der Waals surface area contributed by atoms with E-state index in [0.717, 1.165) is 0 Å². The van der Waals surface area contributed by atoms with Crippen molar-refractivity contribution in [2.45, 2.75) is 33.6 Å². The number of carbonyl (C=O) groups excluding carboxylic acids is 3. The summed E-state index contributed by atoms with van der Waals surface area (Å²) in [6.07, 6.45) is 1.34. The van der Waals surface area contributed by atoms with Gasteiger partial charge in [-0.05, 0) is 23.7 Å². The second-order valence-electron chi connectivity index (χ2n) is 4.92. The van der Waals surface area contributed by atoms with Gasteiger partial charge in [0, 0.05) is 0 Å². The summed E-state index contributed by atoms with van der Waals surface area (Å²) in [5.74, 6) is -1.99. The van der Waals surface area contributed by atoms with Crippen LogP contribution in [-0.4, -0.2) is 37.7 Å². The molecule has 0 N–H and O–H groups in total. The van der Waals surface area contributed by atoms with Gasteiger partial charge < -0.3 is 14.2 Å². The Bertz CT molecular complexity index is 517. The molecule has 0 radical (unpaired) electrons. The lowest BCUT2D eigenvalue weighted by molar-refractivity contribution is -0.155. The van der Waals surface area contributed by atoms with E-state index in [1.54, 1.807) is 17.7 Å². The minimum Gasteiger partial charge on any atom is -0.462 e. The molecule has 24 heavy (non-hydrogen) atoms. The first kappa shape index (κ1) is 20.6. The average Bonchev–Trinajstić information content (AvgIpc) is 3.10. The van der Waals surface area contributed by atoms with Crippen LogP contribution in [0.1, 0.15) is 33.6 Å². The summed E-state index contributed by atoms with van der Waals surface area (Å²) in [7, 11) is 0. The van der Waals surface area contributed by atoms with Crippen LogP contribution in [0.3, 0.4) is 0 Å². The average molecular weight is 374 g/mol. The van der Waals surface area contributed by atoms with E-state index >= 15 is 0 Å². The fraction of sp³-hybridized carbons (Fsp3) is 0.562. The lowest BCUT2D eigenvalue weighted by atomic mass is 10.1. The van der Waals surface area contributed by atoms with E-state index in [-0.39, 0.29) is 37.3 Å². The molecule has 0 aromatic rings. The van der Waals surface area contributed by atoms with Gasteiger partial charge in [0.05, 0.1) is 16.8 Å². The molecule has 0 aliphatic carbocycles. The minimum atomic E-state index is -0.769. The van der Waals surface area contributed by atoms with Crippen molar-refractivity contribution < 1.29 is 28.6 Å². The third kappa shape index (κ3) is 6.60. The molecular weight excluding hydrogens is 352 g/mol. The van der Waals surface area contributed by atoms with Crippen LogP contribution in [0.4, 0.5) is 0 Å². The molecule has 0 bridgehead atoms. The normalized spacial score (nSPS) is 14.2. The smallest absolute Gasteiger partial charge is 0.347 e. The number of thioether (sulfide) groups is 2. The van der Waals surface area contributed by atoms with E-state index in [1.807, 2.05) is 13.8 Å². The van der Waals surface area contributed by atoms with Gasteiger partial charge in [0.25, 0.3) is 0 Å². The van der Waals surface area contributed by atoms with Crippen molar-refractivity contribution in [1.29, 1.82) is 0 Å². The van der Waals surface area contributed by atoms with Gasteiger partial charge in [0.1, 0.15) is 13.2 Å². The molecule has 0 saturated carbocycles. The van der Waals surface area contributed by atoms with Crippen LogP contribution in [0.15, 0.2) is 20.6 Å². The fourth-order valence-corrected chi connectivity index (χ4v) is 3.32. The Labute approximate surface area is 150 Å². The molecule has 1 rings (SSSR count). The topological polar surface area (TPSA) is 78.9 Å². The van der Waals surface area contributed by atoms with Crippen molar-refractivity contribution in [3.05, 3.63) is 20.6 Å². The standard InChI is InChI=1S/C16H22O6S2/c1-4-6-20-14(18)12(16-23-9-10-24-16)15(19)22-8-7-21-13(17)11(3)5-2/h9-11H,4-8H2,1-3H3. The van der Waals surface area contributed by atoms with Gasteiger partial charge in [-0.25, -0.2) is 9.59 Å². The van der Waals surface area contributed by atoms with Gasteiger partial charge in [0.2, 0.25) is 0 Å². The second kappa shape index (κ2) is 11.2. The summed E-state index contributed by atoms with van der Waals surface area (Å²) in [6.45, 7) is 5.60. The molecule has 1 aliphatic rings. The Kier molecular flexibility index (Phi) is 9.63. The number of esters is 3. The molecule has 1 aliphatic heterocycles. The van der Waals surface area contributed by atoms with E-state index in [4.69, 9.17) is 14.2 Å². The summed E-state index contributed by atoms with van der Waals surface area (Å²) in [5.41, 5.74) is -0.114. The predicted molar refractivity (Wildman–Crippen MR) is 94.0 cm³/mol. The molecule has 0 saturated heterocycles. The number of hydrogen-bond donors (Lipinski definition) is 0. The van der Waals surface area contributed by atoms with Crippen molar-refractivity contribution in [3.63, 3.8) is 0 Å². The number of rotatable bonds is 9. The molecule has 0 spiro atoms. The molecule has 134 valence electrons. The number of ether oxygens (including phenoxy) is 3. The van der Waals surface area contributed by atoms with Gasteiger partial charge in [-0.3, -0.25) is 4.79 Å². The maximum atomic E-state index is 12.2. The van der Waals surface area contributed by atoms with Crippen molar-refractivity contribution in [3.8, 4) is 0 Å². The summed E-state index contributed by atoms with van der Waals surface area (Å²) < 4.78 is 15.6. The largest absolute Gasteiger partial charge is 0.462 e. The quantitative estimate of drug-likeness (QED) is 0.152. The van der Waals surface area contributed by atoms with Crippen molar-refractivity contribution in [1.82, 2.24) is 0 Å². The van der Waals surface area contributed by atoms with E-state index in [0.29, 0.717) is 17.1 Å². The molecule has 6 nitrogen and oxygen atoms in total. The summed E-state index contributed by atoms with van der Waals surface area (Å²) in [4.78, 5) is 35.8. The first-order valence-corrected chi connectivity index (χ1v) is 9.50. The summed E-state index contributed by atoms with van der Waals surface area (Å²) in [6, 6.07) is 0. The number of hydrogen-bond acceptors (Lipinski definition) is 8. The molecule has 0 fully saturated rings. The van der Waals surface area contributed by atoms with Gasteiger partial charge in [0.15, 0.2) is 5.57 Å². The maximum Gasteiger partial charge on any atom is 0.347 e. The van der Waals surface area contributed by atoms with Gasteiger partial charge in [-0.2, -0.15) is 0 Å². The molecule has 0 aromatic heterocycles. The SMILES string of the molecule is CCCOC(=O)C(C(=O)OCCOC(=O)C(C)CC)=C1SC=CS1. The summed E-state index contributed by atoms with van der Waals surface area (Å²) >= 11 is 2.53. The lowest BCUT2D eigenvalue weighted by Crippen LogP contribution is -2.22. The molecule has 0 aromatic carbocycles. The molecule has 0 amide bonds. The van der Waals surface area contributed by atoms with Crippen LogP contribution in [0.2, 0.25) is 0 Å². The van der Waals surface area contributed by atoms with Gasteiger partial charge in [-0.1, -0.05) is 44.3 Å². The zero-order valence-electron chi connectivity index (χ0n) is 14.0. The molecule has 1 heterocycles. The summed E-state index contributed by atoms with van der Waals surface area (Å²) in [5, 5.41) is 3.54. The zero-order chi connectivity index (χ0) is 17.9. The third-order valence-corrected chi connectivity index (χ3v) is 5.16. The van der Waals surface area contributed by atoms with Crippen molar-refractivity contribution in [2.24, 2.45) is 5.92 Å². The third-order valence-electron chi connectivity index (χ3n) is 3.03. The maximum absolute atomic E-state index is 12.2. The van der Waals surface area contributed by atoms with Crippen LogP contribution >= 0.6 is 23.5 Å². The van der Waals surface area contributed by atoms with E-state index < -0.39 is 11.9 Å². The minimum absolute atomic E-state index is 0.0416. The van der Waals surface area contributed by atoms with Crippen molar-refractivity contribution in [2.75, 3.05) is 19.8 Å². The highest BCUT2D eigenvalue weighted by molar-refractivity contribution is 8.27. The number of carbonyl (C=O) groups is 3. The Balaban J connectivity index is 2.55. The highest BCUT2D eigenvalue weighted by Crippen LogP contribution is 2.40. The van der Waals surface area contributed by atoms with Gasteiger partial charge in [-0.15, -0.1) is 0 Å². The van der Waals surface area contributed by atoms with E-state index in [2.05, 4.69) is 0 Å². The van der Waals surface area contributed by atoms with Crippen molar-refractivity contribution >= 4 is 41.4 Å². The Morgan fingerprint density at radius 1 is 0.958 bits per heavy atom. The van der Waals surface area contributed by atoms with E-state index in [1.165, 1.54) is 23.5 Å². The molecule has 1 unspecified atom stereocenters. The molecule has 8 heteroatoms. The first-order valence-electron chi connectivity index (χ1n) is 7.74. The van der Waals surface area contributed by atoms with Crippen LogP contribution < -0.4 is 0 Å². The Morgan fingerprint density at radius 2 is 1.50 bits per heavy atom. The highest BCUT2D eigenvalue weighted by Gasteiger charge is 2.28. The first-order chi connectivity index (χ1) is 11.5. The van der Waals surface area contributed by atoms with Crippen LogP contribution in [0.25, 0.3) is 0 Å². The van der Waals surface area contributed by atoms with Gasteiger partial charge >= 0.3 is 17.9 Å². The van der Waals surface area contributed by atoms with Crippen LogP contribution in [0.5, 0.6) is 0 Å². The van der Waals surface area contributed by atoms with Crippen LogP contribution in [-0.2, 0) is 28.6 Å². The zero-order valence-corrected chi connectivity index (χ0v) is 15.7. The van der Waals surface area contributed by atoms with Crippen LogP contribution in [0, 0.1) is 5.92 Å². The highest BCUT2D eigenvalue weighted by atomic mass is 32.2. The predicted octanol–water partition coefficient (Wildman–Crippen LogP) is 3.23. The fourth-order valence-electron chi connectivity index (χ4n) is 1.50. The lowest BCUT2D eigenvalue weighted by Gasteiger charge is -2.11. The monoisotopic (exact) mass is 374 g/mol.